The lowest BCUT2D eigenvalue weighted by Gasteiger charge is -2.27. The van der Waals surface area contributed by atoms with Gasteiger partial charge in [0.2, 0.25) is 0 Å². The van der Waals surface area contributed by atoms with Crippen LogP contribution in [-0.4, -0.2) is 17.0 Å². The molecule has 5 heteroatoms. The van der Waals surface area contributed by atoms with Gasteiger partial charge in [0, 0.05) is 31.0 Å². The highest BCUT2D eigenvalue weighted by atomic mass is 35.5. The predicted molar refractivity (Wildman–Crippen MR) is 78.2 cm³/mol. The second kappa shape index (κ2) is 5.99. The molecule has 0 saturated carbocycles. The van der Waals surface area contributed by atoms with E-state index in [-0.39, 0.29) is 6.04 Å². The van der Waals surface area contributed by atoms with E-state index in [9.17, 15) is 0 Å². The quantitative estimate of drug-likeness (QED) is 0.933. The van der Waals surface area contributed by atoms with E-state index < -0.39 is 0 Å². The van der Waals surface area contributed by atoms with Crippen LogP contribution in [-0.2, 0) is 6.54 Å². The first-order valence-corrected chi connectivity index (χ1v) is 6.49. The number of hydrogen-bond acceptors (Lipinski definition) is 4. The third kappa shape index (κ3) is 3.03. The molecule has 1 aromatic heterocycles. The van der Waals surface area contributed by atoms with Crippen molar-refractivity contribution in [1.82, 2.24) is 9.97 Å². The second-order valence-electron chi connectivity index (χ2n) is 4.37. The van der Waals surface area contributed by atoms with E-state index >= 15 is 0 Å². The van der Waals surface area contributed by atoms with Crippen molar-refractivity contribution in [3.8, 4) is 0 Å². The van der Waals surface area contributed by atoms with Gasteiger partial charge in [0.1, 0.15) is 0 Å². The zero-order chi connectivity index (χ0) is 13.8. The minimum Gasteiger partial charge on any atom is -0.351 e. The molecule has 1 unspecified atom stereocenters. The Morgan fingerprint density at radius 1 is 1.32 bits per heavy atom. The Morgan fingerprint density at radius 2 is 2.05 bits per heavy atom. The molecule has 0 fully saturated rings. The molecule has 0 bridgehead atoms. The molecule has 2 N–H and O–H groups in total. The lowest BCUT2D eigenvalue weighted by Crippen LogP contribution is -2.25. The molecular weight excluding hydrogens is 260 g/mol. The third-order valence-electron chi connectivity index (χ3n) is 3.19. The van der Waals surface area contributed by atoms with Crippen LogP contribution >= 0.6 is 11.6 Å². The monoisotopic (exact) mass is 276 g/mol. The molecule has 0 aliphatic rings. The SMILES string of the molecule is CC(c1cccc(Cl)c1)N(C)c1nccnc1CN. The molecule has 0 amide bonds. The Morgan fingerprint density at radius 3 is 2.74 bits per heavy atom. The summed E-state index contributed by atoms with van der Waals surface area (Å²) in [6.07, 6.45) is 3.33. The van der Waals surface area contributed by atoms with Crippen LogP contribution in [0.15, 0.2) is 36.7 Å². The molecule has 2 aromatic rings. The number of anilines is 1. The summed E-state index contributed by atoms with van der Waals surface area (Å²) in [5.74, 6) is 0.803. The summed E-state index contributed by atoms with van der Waals surface area (Å²) in [6.45, 7) is 2.47. The van der Waals surface area contributed by atoms with Gasteiger partial charge in [-0.05, 0) is 24.6 Å². The molecule has 1 aromatic carbocycles. The van der Waals surface area contributed by atoms with Crippen molar-refractivity contribution in [3.63, 3.8) is 0 Å². The zero-order valence-electron chi connectivity index (χ0n) is 11.0. The summed E-state index contributed by atoms with van der Waals surface area (Å²) in [6, 6.07) is 7.96. The van der Waals surface area contributed by atoms with Crippen molar-refractivity contribution in [2.75, 3.05) is 11.9 Å². The first-order valence-electron chi connectivity index (χ1n) is 6.11. The number of hydrogen-bond donors (Lipinski definition) is 1. The van der Waals surface area contributed by atoms with Gasteiger partial charge >= 0.3 is 0 Å². The van der Waals surface area contributed by atoms with Gasteiger partial charge in [0.05, 0.1) is 11.7 Å². The summed E-state index contributed by atoms with van der Waals surface area (Å²) in [4.78, 5) is 10.7. The van der Waals surface area contributed by atoms with Gasteiger partial charge < -0.3 is 10.6 Å². The standard InChI is InChI=1S/C14H17ClN4/c1-10(11-4-3-5-12(15)8-11)19(2)14-13(9-16)17-6-7-18-14/h3-8,10H,9,16H2,1-2H3. The molecular formula is C14H17ClN4. The summed E-state index contributed by atoms with van der Waals surface area (Å²) < 4.78 is 0. The van der Waals surface area contributed by atoms with E-state index in [0.717, 1.165) is 22.1 Å². The van der Waals surface area contributed by atoms with Gasteiger partial charge in [0.15, 0.2) is 5.82 Å². The third-order valence-corrected chi connectivity index (χ3v) is 3.43. The lowest BCUT2D eigenvalue weighted by molar-refractivity contribution is 0.717. The smallest absolute Gasteiger partial charge is 0.151 e. The van der Waals surface area contributed by atoms with Crippen LogP contribution in [0, 0.1) is 0 Å². The average molecular weight is 277 g/mol. The van der Waals surface area contributed by atoms with Gasteiger partial charge in [-0.1, -0.05) is 23.7 Å². The van der Waals surface area contributed by atoms with Gasteiger partial charge in [-0.25, -0.2) is 4.98 Å². The predicted octanol–water partition coefficient (Wildman–Crippen LogP) is 2.79. The molecule has 0 radical (unpaired) electrons. The fourth-order valence-corrected chi connectivity index (χ4v) is 2.17. The summed E-state index contributed by atoms with van der Waals surface area (Å²) in [5.41, 5.74) is 7.62. The molecule has 19 heavy (non-hydrogen) atoms. The molecule has 0 saturated heterocycles. The second-order valence-corrected chi connectivity index (χ2v) is 4.81. The molecule has 0 aliphatic heterocycles. The van der Waals surface area contributed by atoms with Crippen molar-refractivity contribution in [3.05, 3.63) is 52.9 Å². The fourth-order valence-electron chi connectivity index (χ4n) is 1.97. The van der Waals surface area contributed by atoms with Gasteiger partial charge in [0.25, 0.3) is 0 Å². The molecule has 1 atom stereocenters. The van der Waals surface area contributed by atoms with Crippen molar-refractivity contribution < 1.29 is 0 Å². The topological polar surface area (TPSA) is 55.0 Å². The van der Waals surface area contributed by atoms with Gasteiger partial charge in [-0.15, -0.1) is 0 Å². The highest BCUT2D eigenvalue weighted by Crippen LogP contribution is 2.26. The maximum absolute atomic E-state index is 6.03. The van der Waals surface area contributed by atoms with Crippen LogP contribution in [0.2, 0.25) is 5.02 Å². The molecule has 1 heterocycles. The van der Waals surface area contributed by atoms with Crippen LogP contribution in [0.5, 0.6) is 0 Å². The highest BCUT2D eigenvalue weighted by molar-refractivity contribution is 6.30. The van der Waals surface area contributed by atoms with Crippen molar-refractivity contribution >= 4 is 17.4 Å². The van der Waals surface area contributed by atoms with Crippen LogP contribution in [0.25, 0.3) is 0 Å². The van der Waals surface area contributed by atoms with Crippen LogP contribution < -0.4 is 10.6 Å². The summed E-state index contributed by atoms with van der Waals surface area (Å²) in [7, 11) is 1.98. The molecule has 0 spiro atoms. The van der Waals surface area contributed by atoms with Crippen LogP contribution in [0.1, 0.15) is 24.2 Å². The van der Waals surface area contributed by atoms with E-state index in [4.69, 9.17) is 17.3 Å². The summed E-state index contributed by atoms with van der Waals surface area (Å²) in [5, 5.41) is 0.732. The number of rotatable bonds is 4. The highest BCUT2D eigenvalue weighted by Gasteiger charge is 2.16. The summed E-state index contributed by atoms with van der Waals surface area (Å²) >= 11 is 6.03. The molecule has 4 nitrogen and oxygen atoms in total. The van der Waals surface area contributed by atoms with Crippen molar-refractivity contribution in [2.45, 2.75) is 19.5 Å². The van der Waals surface area contributed by atoms with Crippen LogP contribution in [0.3, 0.4) is 0 Å². The number of aromatic nitrogens is 2. The zero-order valence-corrected chi connectivity index (χ0v) is 11.8. The number of halogens is 1. The molecule has 2 rings (SSSR count). The minimum absolute atomic E-state index is 0.140. The molecule has 100 valence electrons. The normalized spacial score (nSPS) is 12.2. The largest absolute Gasteiger partial charge is 0.351 e. The minimum atomic E-state index is 0.140. The van der Waals surface area contributed by atoms with E-state index in [1.807, 2.05) is 31.3 Å². The fraction of sp³-hybridized carbons (Fsp3) is 0.286. The van der Waals surface area contributed by atoms with Gasteiger partial charge in [-0.3, -0.25) is 4.98 Å². The van der Waals surface area contributed by atoms with Gasteiger partial charge in [-0.2, -0.15) is 0 Å². The number of nitrogens with zero attached hydrogens (tertiary/aromatic N) is 3. The first-order chi connectivity index (χ1) is 9.13. The van der Waals surface area contributed by atoms with E-state index in [1.165, 1.54) is 0 Å². The van der Waals surface area contributed by atoms with Crippen molar-refractivity contribution in [1.29, 1.82) is 0 Å². The van der Waals surface area contributed by atoms with E-state index in [1.54, 1.807) is 12.4 Å². The Labute approximate surface area is 118 Å². The Kier molecular flexibility index (Phi) is 4.35. The maximum Gasteiger partial charge on any atom is 0.151 e. The maximum atomic E-state index is 6.03. The van der Waals surface area contributed by atoms with Crippen molar-refractivity contribution in [2.24, 2.45) is 5.73 Å². The average Bonchev–Trinajstić information content (AvgIpc) is 2.45. The Bertz CT molecular complexity index is 559. The molecule has 0 aliphatic carbocycles. The van der Waals surface area contributed by atoms with E-state index in [0.29, 0.717) is 6.54 Å². The Balaban J connectivity index is 2.30. The number of nitrogens with two attached hydrogens (primary N) is 1. The lowest BCUT2D eigenvalue weighted by atomic mass is 10.1. The first kappa shape index (κ1) is 13.8. The Hall–Kier alpha value is -1.65. The van der Waals surface area contributed by atoms with Crippen LogP contribution in [0.4, 0.5) is 5.82 Å². The number of benzene rings is 1. The van der Waals surface area contributed by atoms with E-state index in [2.05, 4.69) is 21.8 Å².